The quantitative estimate of drug-likeness (QED) is 0.232. The highest BCUT2D eigenvalue weighted by atomic mass is 28.3. The second kappa shape index (κ2) is 8.33. The van der Waals surface area contributed by atoms with Gasteiger partial charge in [-0.15, -0.1) is 4.78 Å². The number of nitrogens with zero attached hydrogens (tertiary/aromatic N) is 3. The monoisotopic (exact) mass is 343 g/mol. The van der Waals surface area contributed by atoms with E-state index in [1.807, 2.05) is 18.2 Å². The molecule has 0 aliphatic heterocycles. The highest BCUT2D eigenvalue weighted by Crippen LogP contribution is 2.24. The molecule has 0 bridgehead atoms. The minimum atomic E-state index is -2.31. The number of hydrogen-bond donors (Lipinski definition) is 0. The van der Waals surface area contributed by atoms with Crippen molar-refractivity contribution in [1.29, 1.82) is 0 Å². The van der Waals surface area contributed by atoms with E-state index in [0.717, 1.165) is 18.1 Å². The van der Waals surface area contributed by atoms with Crippen LogP contribution in [0, 0.1) is 0 Å². The van der Waals surface area contributed by atoms with E-state index in [9.17, 15) is 5.53 Å². The van der Waals surface area contributed by atoms with Crippen molar-refractivity contribution in [2.24, 2.45) is 4.78 Å². The normalized spacial score (nSPS) is 10.9. The fraction of sp³-hybridized carbons (Fsp3) is 0.143. The average Bonchev–Trinajstić information content (AvgIpc) is 2.64. The molecule has 124 valence electrons. The molecule has 0 heterocycles. The topological polar surface area (TPSA) is 48.8 Å². The van der Waals surface area contributed by atoms with Crippen LogP contribution in [0.2, 0.25) is 0 Å². The van der Waals surface area contributed by atoms with E-state index >= 15 is 0 Å². The van der Waals surface area contributed by atoms with Gasteiger partial charge >= 0.3 is 0 Å². The average molecular weight is 344 g/mol. The van der Waals surface area contributed by atoms with Gasteiger partial charge in [0.05, 0.1) is 0 Å². The summed E-state index contributed by atoms with van der Waals surface area (Å²) in [5.41, 5.74) is 13.1. The van der Waals surface area contributed by atoms with Crippen LogP contribution >= 0.6 is 0 Å². The first-order valence-corrected chi connectivity index (χ1v) is 11.0. The van der Waals surface area contributed by atoms with Crippen molar-refractivity contribution in [1.82, 2.24) is 0 Å². The molecule has 3 nitrogen and oxygen atoms in total. The molecule has 3 aromatic carbocycles. The summed E-state index contributed by atoms with van der Waals surface area (Å²) in [6, 6.07) is 33.7. The number of benzene rings is 3. The molecule has 0 N–H and O–H groups in total. The first-order chi connectivity index (χ1) is 12.3. The lowest BCUT2D eigenvalue weighted by Gasteiger charge is -2.27. The van der Waals surface area contributed by atoms with E-state index in [1.165, 1.54) is 16.7 Å². The van der Waals surface area contributed by atoms with Crippen LogP contribution in [-0.4, -0.2) is 8.24 Å². The molecule has 0 fully saturated rings. The van der Waals surface area contributed by atoms with Gasteiger partial charge < -0.3 is 0 Å². The molecule has 0 unspecified atom stereocenters. The molecule has 0 aliphatic carbocycles. The van der Waals surface area contributed by atoms with Crippen LogP contribution in [-0.2, 0) is 18.1 Å². The third kappa shape index (κ3) is 4.83. The molecule has 0 spiro atoms. The third-order valence-electron chi connectivity index (χ3n) is 4.38. The van der Waals surface area contributed by atoms with E-state index in [1.54, 1.807) is 0 Å². The second-order valence-electron chi connectivity index (χ2n) is 6.40. The maximum absolute atomic E-state index is 9.33. The number of hydrogen-bond acceptors (Lipinski definition) is 1. The van der Waals surface area contributed by atoms with E-state index in [-0.39, 0.29) is 0 Å². The largest absolute Gasteiger partial charge is 0.168 e. The fourth-order valence-electron chi connectivity index (χ4n) is 3.32. The Morgan fingerprint density at radius 3 is 1.20 bits per heavy atom. The van der Waals surface area contributed by atoms with Gasteiger partial charge in [-0.2, -0.15) is 0 Å². The van der Waals surface area contributed by atoms with Gasteiger partial charge in [-0.05, 0) is 28.6 Å². The summed E-state index contributed by atoms with van der Waals surface area (Å²) >= 11 is 0. The summed E-state index contributed by atoms with van der Waals surface area (Å²) < 4.78 is 4.46. The van der Waals surface area contributed by atoms with E-state index < -0.39 is 8.24 Å². The summed E-state index contributed by atoms with van der Waals surface area (Å²) in [6.07, 6.45) is 0. The van der Waals surface area contributed by atoms with Crippen LogP contribution in [0.3, 0.4) is 0 Å². The van der Waals surface area contributed by atoms with Crippen molar-refractivity contribution >= 4 is 8.24 Å². The third-order valence-corrected chi connectivity index (χ3v) is 8.10. The Labute approximate surface area is 149 Å². The van der Waals surface area contributed by atoms with Gasteiger partial charge in [0.15, 0.2) is 8.24 Å². The minimum absolute atomic E-state index is 0.849. The predicted octanol–water partition coefficient (Wildman–Crippen LogP) is 5.59. The maximum atomic E-state index is 9.33. The zero-order valence-electron chi connectivity index (χ0n) is 14.1. The second-order valence-corrected chi connectivity index (χ2v) is 10.1. The fourth-order valence-corrected chi connectivity index (χ4v) is 7.08. The van der Waals surface area contributed by atoms with Crippen molar-refractivity contribution in [3.05, 3.63) is 118 Å². The molecule has 3 aromatic rings. The van der Waals surface area contributed by atoms with Gasteiger partial charge in [-0.25, -0.2) is 0 Å². The highest BCUT2D eigenvalue weighted by Gasteiger charge is 2.33. The van der Waals surface area contributed by atoms with Gasteiger partial charge in [-0.1, -0.05) is 108 Å². The zero-order chi connectivity index (χ0) is 17.4. The van der Waals surface area contributed by atoms with Gasteiger partial charge in [0.25, 0.3) is 0 Å². The summed E-state index contributed by atoms with van der Waals surface area (Å²) in [5.74, 6) is 0. The molecule has 0 radical (unpaired) electrons. The van der Waals surface area contributed by atoms with Crippen LogP contribution in [0.15, 0.2) is 95.8 Å². The minimum Gasteiger partial charge on any atom is -0.123 e. The Hall–Kier alpha value is -2.81. The molecule has 0 aliphatic rings. The van der Waals surface area contributed by atoms with E-state index in [2.05, 4.69) is 82.5 Å². The predicted molar refractivity (Wildman–Crippen MR) is 105 cm³/mol. The van der Waals surface area contributed by atoms with Crippen LogP contribution < -0.4 is 0 Å². The number of rotatable bonds is 7. The lowest BCUT2D eigenvalue weighted by Crippen LogP contribution is -2.41. The van der Waals surface area contributed by atoms with E-state index in [0.29, 0.717) is 0 Å². The molecule has 0 aromatic heterocycles. The van der Waals surface area contributed by atoms with E-state index in [4.69, 9.17) is 0 Å². The van der Waals surface area contributed by atoms with Crippen LogP contribution in [0.4, 0.5) is 0 Å². The Morgan fingerprint density at radius 2 is 0.920 bits per heavy atom. The highest BCUT2D eigenvalue weighted by molar-refractivity contribution is 6.76. The van der Waals surface area contributed by atoms with Crippen molar-refractivity contribution in [3.8, 4) is 0 Å². The molecule has 0 atom stereocenters. The molecule has 25 heavy (non-hydrogen) atoms. The Bertz CT molecular complexity index is 727. The lowest BCUT2D eigenvalue weighted by atomic mass is 10.2. The molecule has 4 heteroatoms. The van der Waals surface area contributed by atoms with Gasteiger partial charge in [0, 0.05) is 0 Å². The molecule has 0 saturated carbocycles. The Balaban J connectivity index is 1.98. The SMILES string of the molecule is [N-]=[N+]=N[Si](Cc1ccccc1)(Cc1ccccc1)Cc1ccccc1. The van der Waals surface area contributed by atoms with Crippen molar-refractivity contribution in [2.45, 2.75) is 18.1 Å². The molecule has 0 saturated heterocycles. The van der Waals surface area contributed by atoms with Gasteiger partial charge in [-0.3, -0.25) is 0 Å². The molecular weight excluding hydrogens is 322 g/mol. The summed E-state index contributed by atoms with van der Waals surface area (Å²) in [5, 5.41) is 0. The molecule has 3 rings (SSSR count). The smallest absolute Gasteiger partial charge is 0.123 e. The van der Waals surface area contributed by atoms with Crippen molar-refractivity contribution in [2.75, 3.05) is 0 Å². The van der Waals surface area contributed by atoms with Crippen LogP contribution in [0.1, 0.15) is 16.7 Å². The van der Waals surface area contributed by atoms with Gasteiger partial charge in [0.2, 0.25) is 0 Å². The van der Waals surface area contributed by atoms with Crippen molar-refractivity contribution < 1.29 is 0 Å². The number of azide groups is 1. The first-order valence-electron chi connectivity index (χ1n) is 8.48. The lowest BCUT2D eigenvalue weighted by molar-refractivity contribution is 1.10. The van der Waals surface area contributed by atoms with Crippen LogP contribution in [0.5, 0.6) is 0 Å². The first kappa shape index (κ1) is 17.0. The summed E-state index contributed by atoms with van der Waals surface area (Å²) in [4.78, 5) is 3.28. The Kier molecular flexibility index (Phi) is 5.68. The maximum Gasteiger partial charge on any atom is 0.168 e. The summed E-state index contributed by atoms with van der Waals surface area (Å²) in [7, 11) is -2.31. The Morgan fingerprint density at radius 1 is 0.600 bits per heavy atom. The molecular formula is C21H21N3Si. The van der Waals surface area contributed by atoms with Gasteiger partial charge in [0.1, 0.15) is 0 Å². The van der Waals surface area contributed by atoms with Crippen LogP contribution in [0.25, 0.3) is 10.4 Å². The zero-order valence-corrected chi connectivity index (χ0v) is 15.1. The standard InChI is InChI=1S/C21H21N3Si/c22-23-24-25(16-19-10-4-1-5-11-19,17-20-12-6-2-7-13-20)18-21-14-8-3-9-15-21/h1-15H,16-18H2. The van der Waals surface area contributed by atoms with Crippen molar-refractivity contribution in [3.63, 3.8) is 0 Å². The molecule has 0 amide bonds. The summed E-state index contributed by atoms with van der Waals surface area (Å²) in [6.45, 7) is 0.